The summed E-state index contributed by atoms with van der Waals surface area (Å²) in [6.07, 6.45) is 5.02. The minimum Gasteiger partial charge on any atom is -0.478 e. The van der Waals surface area contributed by atoms with Crippen molar-refractivity contribution >= 4 is 11.9 Å². The third-order valence-electron chi connectivity index (χ3n) is 3.68. The highest BCUT2D eigenvalue weighted by Crippen LogP contribution is 2.14. The lowest BCUT2D eigenvalue weighted by Gasteiger charge is -2.34. The highest BCUT2D eigenvalue weighted by molar-refractivity contribution is 5.94. The standard InChI is InChI=1S/C16H19N5O2/c1-2-23-14-5-4-13(12-19-14)15(22)20-8-10-21(11-9-20)16-17-6-3-7-18-16/h3-7,12H,2,8-11H2,1H3. The van der Waals surface area contributed by atoms with Gasteiger partial charge in [0.15, 0.2) is 0 Å². The fourth-order valence-corrected chi connectivity index (χ4v) is 2.49. The number of hydrogen-bond acceptors (Lipinski definition) is 6. The summed E-state index contributed by atoms with van der Waals surface area (Å²) in [6.45, 7) is 5.19. The summed E-state index contributed by atoms with van der Waals surface area (Å²) in [5.74, 6) is 1.24. The molecule has 1 aliphatic rings. The number of anilines is 1. The Morgan fingerprint density at radius 2 is 1.87 bits per heavy atom. The van der Waals surface area contributed by atoms with Crippen molar-refractivity contribution in [3.8, 4) is 5.88 Å². The summed E-state index contributed by atoms with van der Waals surface area (Å²) in [5.41, 5.74) is 0.581. The zero-order valence-corrected chi connectivity index (χ0v) is 13.1. The molecule has 0 unspecified atom stereocenters. The number of ether oxygens (including phenoxy) is 1. The molecule has 0 aromatic carbocycles. The van der Waals surface area contributed by atoms with Crippen LogP contribution in [-0.4, -0.2) is 58.5 Å². The minimum atomic E-state index is -0.00539. The van der Waals surface area contributed by atoms with E-state index in [1.807, 2.05) is 11.8 Å². The number of carbonyl (C=O) groups excluding carboxylic acids is 1. The van der Waals surface area contributed by atoms with Crippen molar-refractivity contribution in [1.29, 1.82) is 0 Å². The predicted molar refractivity (Wildman–Crippen MR) is 85.6 cm³/mol. The van der Waals surface area contributed by atoms with Crippen LogP contribution in [0.3, 0.4) is 0 Å². The largest absolute Gasteiger partial charge is 0.478 e. The van der Waals surface area contributed by atoms with Gasteiger partial charge in [-0.05, 0) is 19.1 Å². The number of rotatable bonds is 4. The van der Waals surface area contributed by atoms with E-state index in [1.54, 1.807) is 36.8 Å². The molecule has 3 rings (SSSR count). The van der Waals surface area contributed by atoms with Crippen molar-refractivity contribution in [2.45, 2.75) is 6.92 Å². The van der Waals surface area contributed by atoms with Crippen molar-refractivity contribution < 1.29 is 9.53 Å². The van der Waals surface area contributed by atoms with E-state index < -0.39 is 0 Å². The monoisotopic (exact) mass is 313 g/mol. The summed E-state index contributed by atoms with van der Waals surface area (Å²) in [5, 5.41) is 0. The second-order valence-corrected chi connectivity index (χ2v) is 5.15. The molecular formula is C16H19N5O2. The molecule has 1 fully saturated rings. The van der Waals surface area contributed by atoms with Crippen LogP contribution in [-0.2, 0) is 0 Å². The maximum Gasteiger partial charge on any atom is 0.255 e. The molecule has 0 spiro atoms. The molecule has 0 radical (unpaired) electrons. The highest BCUT2D eigenvalue weighted by atomic mass is 16.5. The first kappa shape index (κ1) is 15.2. The van der Waals surface area contributed by atoms with Crippen LogP contribution in [0.1, 0.15) is 17.3 Å². The molecule has 120 valence electrons. The molecule has 0 bridgehead atoms. The third-order valence-corrected chi connectivity index (χ3v) is 3.68. The molecule has 0 N–H and O–H groups in total. The lowest BCUT2D eigenvalue weighted by Crippen LogP contribution is -2.49. The maximum atomic E-state index is 12.5. The first-order valence-electron chi connectivity index (χ1n) is 7.68. The summed E-state index contributed by atoms with van der Waals surface area (Å²) >= 11 is 0. The van der Waals surface area contributed by atoms with Crippen LogP contribution >= 0.6 is 0 Å². The fraction of sp³-hybridized carbons (Fsp3) is 0.375. The SMILES string of the molecule is CCOc1ccc(C(=O)N2CCN(c3ncccn3)CC2)cn1. The summed E-state index contributed by atoms with van der Waals surface area (Å²) in [6, 6.07) is 5.28. The van der Waals surface area contributed by atoms with E-state index in [0.29, 0.717) is 37.1 Å². The van der Waals surface area contributed by atoms with Gasteiger partial charge in [-0.25, -0.2) is 15.0 Å². The number of pyridine rings is 1. The van der Waals surface area contributed by atoms with Crippen molar-refractivity contribution in [2.24, 2.45) is 0 Å². The molecule has 2 aromatic heterocycles. The first-order valence-corrected chi connectivity index (χ1v) is 7.68. The van der Waals surface area contributed by atoms with Gasteiger partial charge >= 0.3 is 0 Å². The van der Waals surface area contributed by atoms with Crippen molar-refractivity contribution in [3.63, 3.8) is 0 Å². The van der Waals surface area contributed by atoms with Crippen LogP contribution in [0.2, 0.25) is 0 Å². The molecule has 23 heavy (non-hydrogen) atoms. The van der Waals surface area contributed by atoms with E-state index in [2.05, 4.69) is 19.9 Å². The number of amides is 1. The summed E-state index contributed by atoms with van der Waals surface area (Å²) < 4.78 is 5.29. The normalized spacial score (nSPS) is 14.7. The number of hydrogen-bond donors (Lipinski definition) is 0. The maximum absolute atomic E-state index is 12.5. The second kappa shape index (κ2) is 7.04. The van der Waals surface area contributed by atoms with Crippen molar-refractivity contribution in [1.82, 2.24) is 19.9 Å². The van der Waals surface area contributed by atoms with Gasteiger partial charge < -0.3 is 14.5 Å². The summed E-state index contributed by atoms with van der Waals surface area (Å²) in [7, 11) is 0. The van der Waals surface area contributed by atoms with E-state index in [0.717, 1.165) is 13.1 Å². The van der Waals surface area contributed by atoms with Crippen LogP contribution in [0.5, 0.6) is 5.88 Å². The molecule has 1 aliphatic heterocycles. The van der Waals surface area contributed by atoms with Crippen molar-refractivity contribution in [3.05, 3.63) is 42.4 Å². The van der Waals surface area contributed by atoms with E-state index in [-0.39, 0.29) is 5.91 Å². The zero-order chi connectivity index (χ0) is 16.1. The van der Waals surface area contributed by atoms with E-state index in [4.69, 9.17) is 4.74 Å². The van der Waals surface area contributed by atoms with Crippen LogP contribution in [0.25, 0.3) is 0 Å². The van der Waals surface area contributed by atoms with Gasteiger partial charge in [0.2, 0.25) is 11.8 Å². The summed E-state index contributed by atoms with van der Waals surface area (Å²) in [4.78, 5) is 29.1. The Bertz CT molecular complexity index is 639. The van der Waals surface area contributed by atoms with Gasteiger partial charge in [-0.15, -0.1) is 0 Å². The minimum absolute atomic E-state index is 0.00539. The number of nitrogens with zero attached hydrogens (tertiary/aromatic N) is 5. The molecule has 7 nitrogen and oxygen atoms in total. The molecule has 0 saturated carbocycles. The van der Waals surface area contributed by atoms with E-state index in [1.165, 1.54) is 0 Å². The Morgan fingerprint density at radius 1 is 1.13 bits per heavy atom. The van der Waals surface area contributed by atoms with Gasteiger partial charge in [0, 0.05) is 50.8 Å². The van der Waals surface area contributed by atoms with Gasteiger partial charge in [0.25, 0.3) is 5.91 Å². The van der Waals surface area contributed by atoms with Crippen molar-refractivity contribution in [2.75, 3.05) is 37.7 Å². The Labute approximate surface area is 134 Å². The molecule has 2 aromatic rings. The van der Waals surface area contributed by atoms with E-state index >= 15 is 0 Å². The van der Waals surface area contributed by atoms with Gasteiger partial charge in [0.05, 0.1) is 12.2 Å². The third kappa shape index (κ3) is 3.56. The topological polar surface area (TPSA) is 71.5 Å². The van der Waals surface area contributed by atoms with Gasteiger partial charge in [-0.2, -0.15) is 0 Å². The second-order valence-electron chi connectivity index (χ2n) is 5.15. The Balaban J connectivity index is 1.59. The molecule has 1 amide bonds. The number of piperazine rings is 1. The van der Waals surface area contributed by atoms with Crippen LogP contribution in [0.15, 0.2) is 36.8 Å². The Kier molecular flexibility index (Phi) is 4.65. The molecule has 0 atom stereocenters. The smallest absolute Gasteiger partial charge is 0.255 e. The predicted octanol–water partition coefficient (Wildman–Crippen LogP) is 1.23. The molecule has 3 heterocycles. The molecular weight excluding hydrogens is 294 g/mol. The number of carbonyl (C=O) groups is 1. The van der Waals surface area contributed by atoms with Crippen LogP contribution in [0, 0.1) is 0 Å². The first-order chi connectivity index (χ1) is 11.3. The Morgan fingerprint density at radius 3 is 2.48 bits per heavy atom. The number of aromatic nitrogens is 3. The quantitative estimate of drug-likeness (QED) is 0.845. The molecule has 0 aliphatic carbocycles. The van der Waals surface area contributed by atoms with E-state index in [9.17, 15) is 4.79 Å². The lowest BCUT2D eigenvalue weighted by atomic mass is 10.2. The van der Waals surface area contributed by atoms with Gasteiger partial charge in [-0.1, -0.05) is 0 Å². The average molecular weight is 313 g/mol. The zero-order valence-electron chi connectivity index (χ0n) is 13.1. The van der Waals surface area contributed by atoms with Crippen LogP contribution < -0.4 is 9.64 Å². The average Bonchev–Trinajstić information content (AvgIpc) is 2.63. The highest BCUT2D eigenvalue weighted by Gasteiger charge is 2.23. The van der Waals surface area contributed by atoms with Gasteiger partial charge in [-0.3, -0.25) is 4.79 Å². The lowest BCUT2D eigenvalue weighted by molar-refractivity contribution is 0.0745. The fourth-order valence-electron chi connectivity index (χ4n) is 2.49. The molecule has 7 heteroatoms. The molecule has 1 saturated heterocycles. The van der Waals surface area contributed by atoms with Crippen LogP contribution in [0.4, 0.5) is 5.95 Å². The van der Waals surface area contributed by atoms with Gasteiger partial charge in [0.1, 0.15) is 0 Å². The Hall–Kier alpha value is -2.70.